The minimum Gasteiger partial charge on any atom is -0.496 e. The minimum absolute atomic E-state index is 0.803. The van der Waals surface area contributed by atoms with Gasteiger partial charge < -0.3 is 18.9 Å². The molecule has 34 heavy (non-hydrogen) atoms. The Morgan fingerprint density at radius 3 is 1.21 bits per heavy atom. The SMILES string of the molecule is CCCCCCSc1cc(OC)c(-c2cc(OC)c(SCCCCCC)cc2OC)cc1OC. The molecule has 190 valence electrons. The number of thioether (sulfide) groups is 2. The van der Waals surface area contributed by atoms with Gasteiger partial charge in [0.25, 0.3) is 0 Å². The van der Waals surface area contributed by atoms with Gasteiger partial charge in [-0.25, -0.2) is 0 Å². The van der Waals surface area contributed by atoms with Crippen molar-refractivity contribution in [3.05, 3.63) is 24.3 Å². The summed E-state index contributed by atoms with van der Waals surface area (Å²) in [5.41, 5.74) is 1.87. The van der Waals surface area contributed by atoms with Gasteiger partial charge in [-0.1, -0.05) is 52.4 Å². The number of benzene rings is 2. The van der Waals surface area contributed by atoms with Crippen molar-refractivity contribution >= 4 is 23.5 Å². The molecule has 0 radical (unpaired) electrons. The van der Waals surface area contributed by atoms with Crippen molar-refractivity contribution in [1.82, 2.24) is 0 Å². The van der Waals surface area contributed by atoms with Crippen molar-refractivity contribution in [2.24, 2.45) is 0 Å². The Labute approximate surface area is 215 Å². The van der Waals surface area contributed by atoms with E-state index in [-0.39, 0.29) is 0 Å². The summed E-state index contributed by atoms with van der Waals surface area (Å²) in [6, 6.07) is 8.28. The molecule has 0 atom stereocenters. The van der Waals surface area contributed by atoms with Gasteiger partial charge in [0.2, 0.25) is 0 Å². The Kier molecular flexibility index (Phi) is 13.5. The molecule has 0 bridgehead atoms. The highest BCUT2D eigenvalue weighted by molar-refractivity contribution is 7.99. The first-order valence-electron chi connectivity index (χ1n) is 12.4. The molecule has 0 heterocycles. The Bertz CT molecular complexity index is 798. The highest BCUT2D eigenvalue weighted by atomic mass is 32.2. The van der Waals surface area contributed by atoms with Gasteiger partial charge in [-0.05, 0) is 48.6 Å². The number of methoxy groups -OCH3 is 4. The van der Waals surface area contributed by atoms with E-state index < -0.39 is 0 Å². The fourth-order valence-corrected chi connectivity index (χ4v) is 5.89. The molecule has 0 fully saturated rings. The van der Waals surface area contributed by atoms with Gasteiger partial charge in [-0.2, -0.15) is 0 Å². The zero-order valence-corrected chi connectivity index (χ0v) is 23.5. The van der Waals surface area contributed by atoms with Gasteiger partial charge in [-0.15, -0.1) is 23.5 Å². The molecule has 0 saturated heterocycles. The third-order valence-electron chi connectivity index (χ3n) is 5.77. The molecule has 2 aromatic carbocycles. The predicted molar refractivity (Wildman–Crippen MR) is 148 cm³/mol. The van der Waals surface area contributed by atoms with Crippen LogP contribution in [0.25, 0.3) is 11.1 Å². The van der Waals surface area contributed by atoms with Gasteiger partial charge in [0.05, 0.1) is 38.2 Å². The molecule has 0 aromatic heterocycles. The second-order valence-corrected chi connectivity index (χ2v) is 10.5. The predicted octanol–water partition coefficient (Wildman–Crippen LogP) is 8.73. The zero-order chi connectivity index (χ0) is 24.8. The summed E-state index contributed by atoms with van der Waals surface area (Å²) in [5.74, 6) is 5.45. The third kappa shape index (κ3) is 8.23. The maximum atomic E-state index is 5.82. The highest BCUT2D eigenvalue weighted by Crippen LogP contribution is 2.46. The van der Waals surface area contributed by atoms with Gasteiger partial charge in [0, 0.05) is 11.1 Å². The van der Waals surface area contributed by atoms with Crippen molar-refractivity contribution in [2.75, 3.05) is 39.9 Å². The number of unbranched alkanes of at least 4 members (excludes halogenated alkanes) is 6. The fourth-order valence-electron chi connectivity index (χ4n) is 3.81. The minimum atomic E-state index is 0.803. The quantitative estimate of drug-likeness (QED) is 0.158. The standard InChI is InChI=1S/C28H42O4S2/c1-7-9-11-13-15-33-27-19-23(29-3)21(17-25(27)31-5)22-18-26(32-6)28(20-24(22)30-4)34-16-14-12-10-8-2/h17-20H,7-16H2,1-6H3. The monoisotopic (exact) mass is 506 g/mol. The Morgan fingerprint density at radius 1 is 0.500 bits per heavy atom. The van der Waals surface area contributed by atoms with Crippen molar-refractivity contribution in [2.45, 2.75) is 75.0 Å². The number of rotatable bonds is 17. The fraction of sp³-hybridized carbons (Fsp3) is 0.571. The zero-order valence-electron chi connectivity index (χ0n) is 21.8. The van der Waals surface area contributed by atoms with E-state index in [9.17, 15) is 0 Å². The number of hydrogen-bond donors (Lipinski definition) is 0. The van der Waals surface area contributed by atoms with Crippen molar-refractivity contribution in [3.63, 3.8) is 0 Å². The summed E-state index contributed by atoms with van der Waals surface area (Å²) in [6.45, 7) is 4.48. The molecule has 0 aliphatic heterocycles. The van der Waals surface area contributed by atoms with Crippen LogP contribution >= 0.6 is 23.5 Å². The number of hydrogen-bond acceptors (Lipinski definition) is 6. The van der Waals surface area contributed by atoms with Crippen molar-refractivity contribution < 1.29 is 18.9 Å². The molecule has 2 aromatic rings. The summed E-state index contributed by atoms with van der Waals surface area (Å²) in [5, 5.41) is 0. The van der Waals surface area contributed by atoms with Crippen LogP contribution in [-0.4, -0.2) is 39.9 Å². The van der Waals surface area contributed by atoms with E-state index in [0.717, 1.165) is 55.4 Å². The summed E-state index contributed by atoms with van der Waals surface area (Å²) in [7, 11) is 6.88. The van der Waals surface area contributed by atoms with Crippen LogP contribution in [0.4, 0.5) is 0 Å². The Morgan fingerprint density at radius 2 is 0.882 bits per heavy atom. The summed E-state index contributed by atoms with van der Waals surface area (Å²) >= 11 is 3.65. The molecule has 6 heteroatoms. The highest BCUT2D eigenvalue weighted by Gasteiger charge is 2.19. The van der Waals surface area contributed by atoms with Crippen LogP contribution in [0.3, 0.4) is 0 Å². The van der Waals surface area contributed by atoms with Gasteiger partial charge in [0.1, 0.15) is 23.0 Å². The molecular weight excluding hydrogens is 464 g/mol. The maximum absolute atomic E-state index is 5.82. The largest absolute Gasteiger partial charge is 0.496 e. The topological polar surface area (TPSA) is 36.9 Å². The van der Waals surface area contributed by atoms with E-state index in [0.29, 0.717) is 0 Å². The molecule has 0 aliphatic rings. The molecule has 0 unspecified atom stereocenters. The van der Waals surface area contributed by atoms with Crippen LogP contribution in [0.15, 0.2) is 34.1 Å². The van der Waals surface area contributed by atoms with E-state index in [2.05, 4.69) is 38.1 Å². The molecule has 0 spiro atoms. The Hall–Kier alpha value is -1.66. The summed E-state index contributed by atoms with van der Waals surface area (Å²) in [6.07, 6.45) is 10.0. The van der Waals surface area contributed by atoms with Crippen LogP contribution in [0.5, 0.6) is 23.0 Å². The van der Waals surface area contributed by atoms with Gasteiger partial charge in [0.15, 0.2) is 0 Å². The lowest BCUT2D eigenvalue weighted by Gasteiger charge is -2.19. The average Bonchev–Trinajstić information content (AvgIpc) is 2.87. The van der Waals surface area contributed by atoms with E-state index in [1.807, 2.05) is 23.5 Å². The van der Waals surface area contributed by atoms with Crippen LogP contribution in [0.1, 0.15) is 65.2 Å². The molecule has 0 amide bonds. The van der Waals surface area contributed by atoms with E-state index in [1.165, 1.54) is 51.4 Å². The third-order valence-corrected chi connectivity index (χ3v) is 8.02. The molecular formula is C28H42O4S2. The lowest BCUT2D eigenvalue weighted by Crippen LogP contribution is -1.97. The average molecular weight is 507 g/mol. The second kappa shape index (κ2) is 16.1. The van der Waals surface area contributed by atoms with Crippen LogP contribution in [0, 0.1) is 0 Å². The molecule has 0 N–H and O–H groups in total. The lowest BCUT2D eigenvalue weighted by molar-refractivity contribution is 0.391. The summed E-state index contributed by atoms with van der Waals surface area (Å²) in [4.78, 5) is 2.20. The lowest BCUT2D eigenvalue weighted by atomic mass is 10.0. The molecule has 4 nitrogen and oxygen atoms in total. The maximum Gasteiger partial charge on any atom is 0.133 e. The molecule has 2 rings (SSSR count). The van der Waals surface area contributed by atoms with Crippen LogP contribution in [0.2, 0.25) is 0 Å². The number of ether oxygens (including phenoxy) is 4. The first-order valence-corrected chi connectivity index (χ1v) is 14.4. The Balaban J connectivity index is 2.34. The van der Waals surface area contributed by atoms with Crippen LogP contribution in [-0.2, 0) is 0 Å². The normalized spacial score (nSPS) is 10.9. The van der Waals surface area contributed by atoms with Crippen molar-refractivity contribution in [3.8, 4) is 34.1 Å². The van der Waals surface area contributed by atoms with Gasteiger partial charge in [-0.3, -0.25) is 0 Å². The molecule has 0 aliphatic carbocycles. The second-order valence-electron chi connectivity index (χ2n) is 8.22. The van der Waals surface area contributed by atoms with E-state index in [4.69, 9.17) is 18.9 Å². The van der Waals surface area contributed by atoms with Crippen molar-refractivity contribution in [1.29, 1.82) is 0 Å². The molecule has 0 saturated carbocycles. The van der Waals surface area contributed by atoms with E-state index >= 15 is 0 Å². The van der Waals surface area contributed by atoms with Crippen LogP contribution < -0.4 is 18.9 Å². The first-order chi connectivity index (χ1) is 16.6. The smallest absolute Gasteiger partial charge is 0.133 e. The van der Waals surface area contributed by atoms with Gasteiger partial charge >= 0.3 is 0 Å². The summed E-state index contributed by atoms with van der Waals surface area (Å²) < 4.78 is 23.2. The first kappa shape index (κ1) is 28.6. The van der Waals surface area contributed by atoms with E-state index in [1.54, 1.807) is 28.4 Å².